The smallest absolute Gasteiger partial charge is 0.303 e. The van der Waals surface area contributed by atoms with Gasteiger partial charge in [-0.15, -0.1) is 11.8 Å². The second-order valence-electron chi connectivity index (χ2n) is 6.75. The average molecular weight is 489 g/mol. The van der Waals surface area contributed by atoms with E-state index in [0.717, 1.165) is 13.8 Å². The van der Waals surface area contributed by atoms with Crippen molar-refractivity contribution in [2.24, 2.45) is 0 Å². The van der Waals surface area contributed by atoms with Crippen LogP contribution in [0.15, 0.2) is 17.3 Å². The molecule has 0 saturated carbocycles. The molecule has 2 rings (SSSR count). The average Bonchev–Trinajstić information content (AvgIpc) is 2.68. The van der Waals surface area contributed by atoms with Gasteiger partial charge in [0.25, 0.3) is 0 Å². The maximum Gasteiger partial charge on any atom is 0.303 e. The highest BCUT2D eigenvalue weighted by Gasteiger charge is 2.52. The molecule has 1 saturated heterocycles. The van der Waals surface area contributed by atoms with Crippen LogP contribution in [0.2, 0.25) is 0 Å². The molecule has 0 aromatic carbocycles. The summed E-state index contributed by atoms with van der Waals surface area (Å²) in [5.41, 5.74) is 0. The predicted molar refractivity (Wildman–Crippen MR) is 112 cm³/mol. The number of hydrogen-bond donors (Lipinski definition) is 0. The van der Waals surface area contributed by atoms with Gasteiger partial charge in [0.15, 0.2) is 24.5 Å². The van der Waals surface area contributed by atoms with Crippen molar-refractivity contribution in [2.75, 3.05) is 12.9 Å². The molecule has 0 amide bonds. The van der Waals surface area contributed by atoms with Gasteiger partial charge in [0.1, 0.15) is 17.7 Å². The molecule has 0 aliphatic carbocycles. The van der Waals surface area contributed by atoms with Crippen LogP contribution in [0.4, 0.5) is 0 Å². The third-order valence-corrected chi connectivity index (χ3v) is 5.20. The lowest BCUT2D eigenvalue weighted by molar-refractivity contribution is -0.268. The first-order valence-electron chi connectivity index (χ1n) is 9.47. The van der Waals surface area contributed by atoms with Gasteiger partial charge >= 0.3 is 23.9 Å². The molecule has 0 N–H and O–H groups in total. The number of carbonyl (C=O) groups is 4. The van der Waals surface area contributed by atoms with E-state index >= 15 is 0 Å². The molecule has 1 fully saturated rings. The summed E-state index contributed by atoms with van der Waals surface area (Å²) in [5.74, 6) is -2.71. The number of rotatable bonds is 7. The van der Waals surface area contributed by atoms with E-state index in [2.05, 4.69) is 4.98 Å². The van der Waals surface area contributed by atoms with Gasteiger partial charge in [-0.2, -0.15) is 0 Å². The van der Waals surface area contributed by atoms with E-state index in [1.807, 2.05) is 6.26 Å². The summed E-state index contributed by atoms with van der Waals surface area (Å²) in [4.78, 5) is 51.2. The number of carbonyl (C=O) groups excluding carboxylic acids is 4. The number of esters is 4. The summed E-state index contributed by atoms with van der Waals surface area (Å²) >= 11 is 6.74. The molecule has 11 nitrogen and oxygen atoms in total. The van der Waals surface area contributed by atoms with Crippen molar-refractivity contribution in [3.8, 4) is 0 Å². The Labute approximate surface area is 193 Å². The molecule has 1 aliphatic heterocycles. The van der Waals surface area contributed by atoms with Crippen LogP contribution in [0.5, 0.6) is 0 Å². The van der Waals surface area contributed by atoms with Gasteiger partial charge in [-0.05, 0) is 24.5 Å². The summed E-state index contributed by atoms with van der Waals surface area (Å²) in [7, 11) is 0. The summed E-state index contributed by atoms with van der Waals surface area (Å²) < 4.78 is 28.8. The lowest BCUT2D eigenvalue weighted by atomic mass is 9.97. The molecule has 5 atom stereocenters. The molecule has 1 aromatic rings. The standard InChI is InChI=1S/C19H24N2O9S2/c1-9(22)26-8-13-15(27-10(2)23)16(28-11(3)24)17(29-12(4)25)18(30-13)21-7-6-14(32-5)20-19(21)31/h6-7,13,15-18H,8H2,1-5H3/t13-,15-,16+,17+,18+/m1/s1. The Morgan fingerprint density at radius 3 is 2.06 bits per heavy atom. The Hall–Kier alpha value is -2.51. The van der Waals surface area contributed by atoms with Gasteiger partial charge in [-0.1, -0.05) is 0 Å². The first kappa shape index (κ1) is 25.7. The Kier molecular flexibility index (Phi) is 9.16. The highest BCUT2D eigenvalue weighted by atomic mass is 32.2. The monoisotopic (exact) mass is 488 g/mol. The van der Waals surface area contributed by atoms with Crippen LogP contribution in [-0.2, 0) is 42.9 Å². The second kappa shape index (κ2) is 11.4. The Morgan fingerprint density at radius 2 is 1.56 bits per heavy atom. The fraction of sp³-hybridized carbons (Fsp3) is 0.579. The summed E-state index contributed by atoms with van der Waals surface area (Å²) in [5, 5.41) is 0.650. The molecule has 13 heteroatoms. The van der Waals surface area contributed by atoms with E-state index in [9.17, 15) is 19.2 Å². The lowest BCUT2D eigenvalue weighted by Gasteiger charge is -2.44. The predicted octanol–water partition coefficient (Wildman–Crippen LogP) is 1.59. The summed E-state index contributed by atoms with van der Waals surface area (Å²) in [6.07, 6.45) is -2.52. The van der Waals surface area contributed by atoms with Crippen molar-refractivity contribution in [3.05, 3.63) is 17.0 Å². The molecule has 32 heavy (non-hydrogen) atoms. The van der Waals surface area contributed by atoms with E-state index in [4.69, 9.17) is 35.9 Å². The minimum Gasteiger partial charge on any atom is -0.463 e. The van der Waals surface area contributed by atoms with E-state index in [1.165, 1.54) is 30.2 Å². The fourth-order valence-corrected chi connectivity index (χ4v) is 3.83. The van der Waals surface area contributed by atoms with Gasteiger partial charge in [-0.3, -0.25) is 23.7 Å². The third kappa shape index (κ3) is 6.74. The number of hydrogen-bond acceptors (Lipinski definition) is 12. The van der Waals surface area contributed by atoms with Crippen LogP contribution in [0, 0.1) is 4.77 Å². The molecule has 176 valence electrons. The van der Waals surface area contributed by atoms with Gasteiger partial charge in [-0.25, -0.2) is 4.98 Å². The van der Waals surface area contributed by atoms with E-state index in [-0.39, 0.29) is 11.4 Å². The van der Waals surface area contributed by atoms with Gasteiger partial charge in [0.05, 0.1) is 0 Å². The fourth-order valence-electron chi connectivity index (χ4n) is 3.13. The van der Waals surface area contributed by atoms with Crippen LogP contribution in [0.25, 0.3) is 0 Å². The quantitative estimate of drug-likeness (QED) is 0.181. The molecule has 0 unspecified atom stereocenters. The van der Waals surface area contributed by atoms with Crippen molar-refractivity contribution in [3.63, 3.8) is 0 Å². The normalized spacial score (nSPS) is 24.8. The molecular weight excluding hydrogens is 464 g/mol. The molecule has 1 aliphatic rings. The summed E-state index contributed by atoms with van der Waals surface area (Å²) in [6, 6.07) is 1.68. The first-order valence-corrected chi connectivity index (χ1v) is 11.1. The van der Waals surface area contributed by atoms with Crippen LogP contribution in [0.1, 0.15) is 33.9 Å². The van der Waals surface area contributed by atoms with Crippen molar-refractivity contribution in [1.82, 2.24) is 9.55 Å². The van der Waals surface area contributed by atoms with Crippen LogP contribution >= 0.6 is 24.0 Å². The Balaban J connectivity index is 2.59. The second-order valence-corrected chi connectivity index (χ2v) is 7.94. The zero-order valence-corrected chi connectivity index (χ0v) is 19.8. The van der Waals surface area contributed by atoms with E-state index < -0.39 is 54.5 Å². The lowest BCUT2D eigenvalue weighted by Crippen LogP contribution is -2.60. The minimum absolute atomic E-state index is 0.109. The molecule has 1 aromatic heterocycles. The van der Waals surface area contributed by atoms with Gasteiger partial charge in [0, 0.05) is 33.9 Å². The number of thioether (sulfide) groups is 1. The maximum absolute atomic E-state index is 11.9. The largest absolute Gasteiger partial charge is 0.463 e. The number of aromatic nitrogens is 2. The molecule has 2 heterocycles. The molecule has 0 bridgehead atoms. The van der Waals surface area contributed by atoms with E-state index in [0.29, 0.717) is 5.03 Å². The van der Waals surface area contributed by atoms with Crippen molar-refractivity contribution in [2.45, 2.75) is 63.4 Å². The highest BCUT2D eigenvalue weighted by Crippen LogP contribution is 2.35. The first-order chi connectivity index (χ1) is 15.0. The van der Waals surface area contributed by atoms with E-state index in [1.54, 1.807) is 12.3 Å². The van der Waals surface area contributed by atoms with Crippen LogP contribution in [0.3, 0.4) is 0 Å². The maximum atomic E-state index is 11.9. The Bertz CT molecular complexity index is 936. The highest BCUT2D eigenvalue weighted by molar-refractivity contribution is 7.98. The van der Waals surface area contributed by atoms with Gasteiger partial charge < -0.3 is 23.7 Å². The molecule has 0 radical (unpaired) electrons. The van der Waals surface area contributed by atoms with Crippen molar-refractivity contribution in [1.29, 1.82) is 0 Å². The van der Waals surface area contributed by atoms with Crippen LogP contribution in [-0.4, -0.2) is 70.7 Å². The SMILES string of the molecule is CSc1ccn([C@H]2O[C@H](COC(C)=O)[C@@H](OC(C)=O)[C@H](OC(C)=O)[C@@H]2OC(C)=O)c(=S)n1. The number of nitrogens with zero attached hydrogens (tertiary/aromatic N) is 2. The molecule has 0 spiro atoms. The zero-order valence-electron chi connectivity index (χ0n) is 18.1. The van der Waals surface area contributed by atoms with Gasteiger partial charge in [0.2, 0.25) is 4.77 Å². The minimum atomic E-state index is -1.28. The zero-order chi connectivity index (χ0) is 24.0. The summed E-state index contributed by atoms with van der Waals surface area (Å²) in [6.45, 7) is 4.36. The Morgan fingerprint density at radius 1 is 1.00 bits per heavy atom. The van der Waals surface area contributed by atoms with Crippen molar-refractivity contribution >= 4 is 47.9 Å². The number of ether oxygens (including phenoxy) is 5. The topological polar surface area (TPSA) is 132 Å². The molecular formula is C19H24N2O9S2. The van der Waals surface area contributed by atoms with Crippen molar-refractivity contribution < 1.29 is 42.9 Å². The van der Waals surface area contributed by atoms with Crippen LogP contribution < -0.4 is 0 Å². The third-order valence-electron chi connectivity index (χ3n) is 4.25.